The highest BCUT2D eigenvalue weighted by Crippen LogP contribution is 1.87. The average Bonchev–Trinajstić information content (AvgIpc) is 1.82. The number of hydrogen-bond acceptors (Lipinski definition) is 2. The Morgan fingerprint density at radius 2 is 2.56 bits per heavy atom. The summed E-state index contributed by atoms with van der Waals surface area (Å²) < 4.78 is 4.86. The lowest BCUT2D eigenvalue weighted by atomic mass is 10.4. The fraction of sp³-hybridized carbons (Fsp3) is 0.500. The van der Waals surface area contributed by atoms with Crippen molar-refractivity contribution in [3.05, 3.63) is 12.7 Å². The molecular weight excluding hydrogens is 118 g/mol. The maximum Gasteiger partial charge on any atom is 0.246 e. The Morgan fingerprint density at radius 3 is 2.89 bits per heavy atom. The number of nitrogens with two attached hydrogens (primary N) is 1. The minimum absolute atomic E-state index is 0.365. The van der Waals surface area contributed by atoms with Crippen LogP contribution in [0.2, 0.25) is 0 Å². The van der Waals surface area contributed by atoms with Gasteiger partial charge in [0.25, 0.3) is 0 Å². The van der Waals surface area contributed by atoms with Crippen molar-refractivity contribution in [2.75, 3.05) is 6.61 Å². The molecule has 0 aromatic carbocycles. The van der Waals surface area contributed by atoms with Crippen molar-refractivity contribution in [3.8, 4) is 0 Å². The summed E-state index contributed by atoms with van der Waals surface area (Å²) in [5, 5.41) is 0. The molecule has 1 amide bonds. The van der Waals surface area contributed by atoms with Gasteiger partial charge in [-0.25, -0.2) is 0 Å². The summed E-state index contributed by atoms with van der Waals surface area (Å²) in [7, 11) is 0. The predicted octanol–water partition coefficient (Wildman–Crippen LogP) is 0.0628. The molecule has 0 heterocycles. The molecule has 0 aliphatic heterocycles. The second-order valence-electron chi connectivity index (χ2n) is 1.67. The van der Waals surface area contributed by atoms with Crippen LogP contribution in [0, 0.1) is 0 Å². The van der Waals surface area contributed by atoms with Crippen molar-refractivity contribution in [1.82, 2.24) is 0 Å². The van der Waals surface area contributed by atoms with E-state index in [1.54, 1.807) is 13.0 Å². The molecule has 0 rings (SSSR count). The van der Waals surface area contributed by atoms with Gasteiger partial charge in [-0.2, -0.15) is 0 Å². The molecule has 0 unspecified atom stereocenters. The first kappa shape index (κ1) is 8.17. The quantitative estimate of drug-likeness (QED) is 0.546. The molecule has 0 saturated heterocycles. The van der Waals surface area contributed by atoms with E-state index >= 15 is 0 Å². The molecule has 3 heteroatoms. The molecule has 0 radical (unpaired) electrons. The van der Waals surface area contributed by atoms with Crippen LogP contribution < -0.4 is 5.73 Å². The number of primary amides is 1. The van der Waals surface area contributed by atoms with E-state index in [2.05, 4.69) is 6.58 Å². The lowest BCUT2D eigenvalue weighted by Gasteiger charge is -2.04. The van der Waals surface area contributed by atoms with E-state index < -0.39 is 12.0 Å². The normalized spacial score (nSPS) is 12.6. The van der Waals surface area contributed by atoms with Crippen molar-refractivity contribution in [2.24, 2.45) is 5.73 Å². The van der Waals surface area contributed by atoms with Crippen molar-refractivity contribution in [3.63, 3.8) is 0 Å². The van der Waals surface area contributed by atoms with E-state index in [9.17, 15) is 4.79 Å². The number of carbonyl (C=O) groups is 1. The minimum atomic E-state index is -0.511. The summed E-state index contributed by atoms with van der Waals surface area (Å²) in [5.41, 5.74) is 4.88. The molecule has 0 fully saturated rings. The smallest absolute Gasteiger partial charge is 0.246 e. The van der Waals surface area contributed by atoms with Crippen molar-refractivity contribution in [1.29, 1.82) is 0 Å². The van der Waals surface area contributed by atoms with E-state index in [-0.39, 0.29) is 0 Å². The molecule has 0 bridgehead atoms. The van der Waals surface area contributed by atoms with Crippen LogP contribution in [-0.4, -0.2) is 18.6 Å². The second-order valence-corrected chi connectivity index (χ2v) is 1.67. The van der Waals surface area contributed by atoms with Gasteiger partial charge in [0, 0.05) is 0 Å². The Kier molecular flexibility index (Phi) is 3.71. The lowest BCUT2D eigenvalue weighted by Crippen LogP contribution is -2.28. The van der Waals surface area contributed by atoms with Gasteiger partial charge in [-0.05, 0) is 6.92 Å². The fourth-order valence-electron chi connectivity index (χ4n) is 0.295. The Labute approximate surface area is 54.5 Å². The molecule has 2 N–H and O–H groups in total. The summed E-state index contributed by atoms with van der Waals surface area (Å²) >= 11 is 0. The van der Waals surface area contributed by atoms with Crippen molar-refractivity contribution >= 4 is 5.91 Å². The molecule has 1 atom stereocenters. The molecule has 0 spiro atoms. The van der Waals surface area contributed by atoms with E-state index in [1.165, 1.54) is 0 Å². The summed E-state index contributed by atoms with van der Waals surface area (Å²) in [5.74, 6) is -0.447. The average molecular weight is 129 g/mol. The summed E-state index contributed by atoms with van der Waals surface area (Å²) in [4.78, 5) is 10.3. The van der Waals surface area contributed by atoms with E-state index in [0.717, 1.165) is 0 Å². The van der Waals surface area contributed by atoms with Crippen LogP contribution in [0.3, 0.4) is 0 Å². The third kappa shape index (κ3) is 3.73. The van der Waals surface area contributed by atoms with Crippen LogP contribution >= 0.6 is 0 Å². The van der Waals surface area contributed by atoms with Crippen LogP contribution in [-0.2, 0) is 9.53 Å². The van der Waals surface area contributed by atoms with E-state index in [1.807, 2.05) is 0 Å². The zero-order chi connectivity index (χ0) is 7.28. The van der Waals surface area contributed by atoms with E-state index in [4.69, 9.17) is 10.5 Å². The molecule has 0 aromatic heterocycles. The first-order valence-corrected chi connectivity index (χ1v) is 2.70. The summed E-state index contributed by atoms with van der Waals surface area (Å²) in [6, 6.07) is 0. The lowest BCUT2D eigenvalue weighted by molar-refractivity contribution is -0.127. The first-order valence-electron chi connectivity index (χ1n) is 2.70. The van der Waals surface area contributed by atoms with Gasteiger partial charge in [0.2, 0.25) is 5.91 Å². The maximum absolute atomic E-state index is 10.3. The van der Waals surface area contributed by atoms with Crippen LogP contribution in [0.15, 0.2) is 12.7 Å². The molecule has 0 aliphatic carbocycles. The Bertz CT molecular complexity index is 112. The van der Waals surface area contributed by atoms with Crippen LogP contribution in [0.5, 0.6) is 0 Å². The molecule has 9 heavy (non-hydrogen) atoms. The highest BCUT2D eigenvalue weighted by atomic mass is 16.5. The zero-order valence-electron chi connectivity index (χ0n) is 5.46. The van der Waals surface area contributed by atoms with Crippen LogP contribution in [0.4, 0.5) is 0 Å². The number of carbonyl (C=O) groups excluding carboxylic acids is 1. The largest absolute Gasteiger partial charge is 0.367 e. The molecule has 0 aromatic rings. The number of rotatable bonds is 4. The number of hydrogen-bond donors (Lipinski definition) is 1. The molecule has 52 valence electrons. The van der Waals surface area contributed by atoms with Crippen molar-refractivity contribution < 1.29 is 9.53 Å². The Balaban J connectivity index is 3.37. The van der Waals surface area contributed by atoms with Gasteiger partial charge in [-0.1, -0.05) is 6.08 Å². The standard InChI is InChI=1S/C6H11NO2/c1-3-4-9-5(2)6(7)8/h3,5H,1,4H2,2H3,(H2,7,8)/t5-/m1/s1. The third-order valence-corrected chi connectivity index (χ3v) is 0.865. The SMILES string of the molecule is C=CCO[C@H](C)C(N)=O. The van der Waals surface area contributed by atoms with Gasteiger partial charge in [0.05, 0.1) is 6.61 Å². The monoisotopic (exact) mass is 129 g/mol. The van der Waals surface area contributed by atoms with Gasteiger partial charge in [0.1, 0.15) is 6.10 Å². The Hall–Kier alpha value is -0.830. The predicted molar refractivity (Wildman–Crippen MR) is 34.8 cm³/mol. The highest BCUT2D eigenvalue weighted by molar-refractivity contribution is 5.78. The van der Waals surface area contributed by atoms with Crippen LogP contribution in [0.1, 0.15) is 6.92 Å². The fourth-order valence-corrected chi connectivity index (χ4v) is 0.295. The van der Waals surface area contributed by atoms with Gasteiger partial charge in [-0.3, -0.25) is 4.79 Å². The van der Waals surface area contributed by atoms with Gasteiger partial charge >= 0.3 is 0 Å². The van der Waals surface area contributed by atoms with Gasteiger partial charge in [-0.15, -0.1) is 6.58 Å². The highest BCUT2D eigenvalue weighted by Gasteiger charge is 2.05. The van der Waals surface area contributed by atoms with E-state index in [0.29, 0.717) is 6.61 Å². The molecule has 3 nitrogen and oxygen atoms in total. The summed E-state index contributed by atoms with van der Waals surface area (Å²) in [6.45, 7) is 5.38. The molecule has 0 aliphatic rings. The zero-order valence-corrected chi connectivity index (χ0v) is 5.46. The first-order chi connectivity index (χ1) is 4.18. The third-order valence-electron chi connectivity index (χ3n) is 0.865. The number of amides is 1. The summed E-state index contributed by atoms with van der Waals surface area (Å²) in [6.07, 6.45) is 1.06. The van der Waals surface area contributed by atoms with Crippen molar-refractivity contribution in [2.45, 2.75) is 13.0 Å². The molecule has 0 saturated carbocycles. The van der Waals surface area contributed by atoms with Crippen LogP contribution in [0.25, 0.3) is 0 Å². The van der Waals surface area contributed by atoms with Gasteiger partial charge < -0.3 is 10.5 Å². The second kappa shape index (κ2) is 4.09. The minimum Gasteiger partial charge on any atom is -0.367 e. The molecular formula is C6H11NO2. The number of ether oxygens (including phenoxy) is 1. The Morgan fingerprint density at radius 1 is 2.00 bits per heavy atom. The van der Waals surface area contributed by atoms with Gasteiger partial charge in [0.15, 0.2) is 0 Å². The topological polar surface area (TPSA) is 52.3 Å². The maximum atomic E-state index is 10.3.